The van der Waals surface area contributed by atoms with Crippen LogP contribution in [-0.2, 0) is 14.4 Å². The molecule has 0 bridgehead atoms. The molecule has 2 aromatic rings. The topological polar surface area (TPSA) is 77.9 Å². The molecule has 29 heavy (non-hydrogen) atoms. The minimum Gasteiger partial charge on any atom is -0.481 e. The van der Waals surface area contributed by atoms with Gasteiger partial charge in [0.25, 0.3) is 0 Å². The smallest absolute Gasteiger partial charge is 0.306 e. The largest absolute Gasteiger partial charge is 0.481 e. The summed E-state index contributed by atoms with van der Waals surface area (Å²) in [6, 6.07) is 14.5. The number of carboxylic acid groups (broad SMARTS) is 1. The third-order valence-corrected chi connectivity index (χ3v) is 6.25. The highest BCUT2D eigenvalue weighted by atomic mass is 16.4. The normalized spacial score (nSPS) is 21.8. The molecule has 1 aliphatic heterocycles. The fraction of sp³-hybridized carbons (Fsp3) is 0.435. The average molecular weight is 394 g/mol. The summed E-state index contributed by atoms with van der Waals surface area (Å²) >= 11 is 0. The van der Waals surface area contributed by atoms with Crippen LogP contribution >= 0.6 is 0 Å². The maximum absolute atomic E-state index is 12.8. The molecule has 6 nitrogen and oxygen atoms in total. The maximum atomic E-state index is 12.8. The fourth-order valence-corrected chi connectivity index (χ4v) is 4.31. The van der Waals surface area contributed by atoms with Crippen LogP contribution in [0, 0.1) is 11.8 Å². The Labute approximate surface area is 170 Å². The predicted molar refractivity (Wildman–Crippen MR) is 109 cm³/mol. The van der Waals surface area contributed by atoms with Crippen molar-refractivity contribution in [3.05, 3.63) is 48.0 Å². The summed E-state index contributed by atoms with van der Waals surface area (Å²) in [7, 11) is 1.68. The second kappa shape index (κ2) is 7.85. The number of benzene rings is 2. The van der Waals surface area contributed by atoms with Crippen molar-refractivity contribution >= 4 is 28.6 Å². The van der Waals surface area contributed by atoms with Crippen LogP contribution in [-0.4, -0.2) is 59.4 Å². The van der Waals surface area contributed by atoms with Gasteiger partial charge >= 0.3 is 5.97 Å². The molecule has 1 saturated carbocycles. The van der Waals surface area contributed by atoms with Crippen LogP contribution < -0.4 is 0 Å². The number of amides is 2. The van der Waals surface area contributed by atoms with Gasteiger partial charge in [0, 0.05) is 26.1 Å². The molecular weight excluding hydrogens is 368 g/mol. The zero-order valence-corrected chi connectivity index (χ0v) is 16.6. The van der Waals surface area contributed by atoms with Crippen LogP contribution in [0.2, 0.25) is 0 Å². The van der Waals surface area contributed by atoms with Gasteiger partial charge in [-0.1, -0.05) is 42.5 Å². The van der Waals surface area contributed by atoms with Crippen LogP contribution in [0.3, 0.4) is 0 Å². The molecule has 4 rings (SSSR count). The lowest BCUT2D eigenvalue weighted by molar-refractivity contribution is -0.146. The van der Waals surface area contributed by atoms with Crippen molar-refractivity contribution in [2.45, 2.75) is 25.2 Å². The number of rotatable bonds is 5. The van der Waals surface area contributed by atoms with Gasteiger partial charge in [0.2, 0.25) is 11.8 Å². The van der Waals surface area contributed by atoms with Crippen molar-refractivity contribution in [1.29, 1.82) is 0 Å². The molecule has 1 heterocycles. The van der Waals surface area contributed by atoms with Gasteiger partial charge in [-0.25, -0.2) is 0 Å². The molecule has 152 valence electrons. The first-order valence-corrected chi connectivity index (χ1v) is 10.2. The van der Waals surface area contributed by atoms with Crippen molar-refractivity contribution < 1.29 is 19.5 Å². The number of hydrogen-bond acceptors (Lipinski definition) is 3. The first kappa shape index (κ1) is 19.4. The Bertz CT molecular complexity index is 949. The molecule has 0 radical (unpaired) electrons. The molecular formula is C23H26N2O4. The van der Waals surface area contributed by atoms with Gasteiger partial charge in [0.05, 0.1) is 12.5 Å². The number of piperidine rings is 1. The fourth-order valence-electron chi connectivity index (χ4n) is 4.31. The van der Waals surface area contributed by atoms with Gasteiger partial charge in [-0.3, -0.25) is 14.4 Å². The minimum absolute atomic E-state index is 0.0110. The Morgan fingerprint density at radius 3 is 2.45 bits per heavy atom. The summed E-state index contributed by atoms with van der Waals surface area (Å²) in [6.07, 6.45) is 1.77. The van der Waals surface area contributed by atoms with Crippen LogP contribution in [0.1, 0.15) is 30.7 Å². The summed E-state index contributed by atoms with van der Waals surface area (Å²) in [4.78, 5) is 39.6. The van der Waals surface area contributed by atoms with E-state index in [9.17, 15) is 14.4 Å². The molecule has 1 saturated heterocycles. The molecule has 1 N–H and O–H groups in total. The van der Waals surface area contributed by atoms with Gasteiger partial charge in [-0.05, 0) is 41.5 Å². The molecule has 0 aromatic heterocycles. The number of carboxylic acids is 1. The monoisotopic (exact) mass is 394 g/mol. The number of hydrogen-bond donors (Lipinski definition) is 1. The van der Waals surface area contributed by atoms with E-state index in [1.807, 2.05) is 12.1 Å². The Morgan fingerprint density at radius 2 is 1.76 bits per heavy atom. The highest BCUT2D eigenvalue weighted by Crippen LogP contribution is 2.48. The lowest BCUT2D eigenvalue weighted by Crippen LogP contribution is -2.45. The minimum atomic E-state index is -0.794. The summed E-state index contributed by atoms with van der Waals surface area (Å²) in [5, 5.41) is 11.4. The summed E-state index contributed by atoms with van der Waals surface area (Å²) < 4.78 is 0. The van der Waals surface area contributed by atoms with E-state index in [1.165, 1.54) is 21.2 Å². The number of nitrogens with zero attached hydrogens (tertiary/aromatic N) is 2. The Kier molecular flexibility index (Phi) is 5.26. The van der Waals surface area contributed by atoms with Crippen LogP contribution in [0.4, 0.5) is 0 Å². The molecule has 2 unspecified atom stereocenters. The van der Waals surface area contributed by atoms with Crippen molar-refractivity contribution in [2.24, 2.45) is 11.8 Å². The van der Waals surface area contributed by atoms with E-state index in [-0.39, 0.29) is 36.1 Å². The molecule has 0 spiro atoms. The maximum Gasteiger partial charge on any atom is 0.306 e. The first-order valence-electron chi connectivity index (χ1n) is 10.2. The lowest BCUT2D eigenvalue weighted by atomic mass is 9.97. The van der Waals surface area contributed by atoms with Crippen molar-refractivity contribution in [1.82, 2.24) is 9.80 Å². The van der Waals surface area contributed by atoms with E-state index < -0.39 is 5.97 Å². The number of likely N-dealkylation sites (tertiary alicyclic amines) is 1. The Hall–Kier alpha value is -2.89. The molecule has 1 aliphatic carbocycles. The van der Waals surface area contributed by atoms with Crippen molar-refractivity contribution in [3.8, 4) is 0 Å². The molecule has 6 heteroatoms. The quantitative estimate of drug-likeness (QED) is 0.846. The van der Waals surface area contributed by atoms with Gasteiger partial charge in [-0.15, -0.1) is 0 Å². The van der Waals surface area contributed by atoms with Gasteiger partial charge < -0.3 is 14.9 Å². The summed E-state index contributed by atoms with van der Waals surface area (Å²) in [5.74, 6) is -1.10. The average Bonchev–Trinajstić information content (AvgIpc) is 3.53. The van der Waals surface area contributed by atoms with Crippen LogP contribution in [0.25, 0.3) is 10.8 Å². The number of carbonyl (C=O) groups is 3. The highest BCUT2D eigenvalue weighted by Gasteiger charge is 2.45. The van der Waals surface area contributed by atoms with E-state index in [0.29, 0.717) is 25.9 Å². The standard InChI is InChI=1S/C23H26N2O4/c1-24(14-21(26)25-10-8-16(9-11-25)23(28)29)22(27)20-13-19(20)18-7-6-15-4-2-3-5-17(15)12-18/h2-7,12,16,19-20H,8-11,13-14H2,1H3,(H,28,29). The lowest BCUT2D eigenvalue weighted by Gasteiger charge is -2.31. The second-order valence-corrected chi connectivity index (χ2v) is 8.24. The third kappa shape index (κ3) is 4.11. The Balaban J connectivity index is 1.32. The van der Waals surface area contributed by atoms with Crippen molar-refractivity contribution in [2.75, 3.05) is 26.7 Å². The third-order valence-electron chi connectivity index (χ3n) is 6.25. The summed E-state index contributed by atoms with van der Waals surface area (Å²) in [5.41, 5.74) is 1.18. The van der Waals surface area contributed by atoms with Crippen molar-refractivity contribution in [3.63, 3.8) is 0 Å². The van der Waals surface area contributed by atoms with E-state index in [0.717, 1.165) is 6.42 Å². The SMILES string of the molecule is CN(CC(=O)N1CCC(C(=O)O)CC1)C(=O)C1CC1c1ccc2ccccc2c1. The molecule has 2 amide bonds. The molecule has 2 fully saturated rings. The highest BCUT2D eigenvalue weighted by molar-refractivity contribution is 5.89. The zero-order chi connectivity index (χ0) is 20.5. The molecule has 2 atom stereocenters. The summed E-state index contributed by atoms with van der Waals surface area (Å²) in [6.45, 7) is 0.944. The Morgan fingerprint density at radius 1 is 1.07 bits per heavy atom. The zero-order valence-electron chi connectivity index (χ0n) is 16.6. The number of aliphatic carboxylic acids is 1. The van der Waals surface area contributed by atoms with E-state index in [4.69, 9.17) is 5.11 Å². The van der Waals surface area contributed by atoms with E-state index in [1.54, 1.807) is 11.9 Å². The molecule has 2 aromatic carbocycles. The number of fused-ring (bicyclic) bond motifs is 1. The second-order valence-electron chi connectivity index (χ2n) is 8.24. The van der Waals surface area contributed by atoms with Gasteiger partial charge in [0.15, 0.2) is 0 Å². The predicted octanol–water partition coefficient (Wildman–Crippen LogP) is 2.72. The number of carbonyl (C=O) groups excluding carboxylic acids is 2. The first-order chi connectivity index (χ1) is 13.9. The van der Waals surface area contributed by atoms with E-state index >= 15 is 0 Å². The van der Waals surface area contributed by atoms with E-state index in [2.05, 4.69) is 30.3 Å². The van der Waals surface area contributed by atoms with Gasteiger partial charge in [0.1, 0.15) is 0 Å². The van der Waals surface area contributed by atoms with Gasteiger partial charge in [-0.2, -0.15) is 0 Å². The van der Waals surface area contributed by atoms with Crippen LogP contribution in [0.15, 0.2) is 42.5 Å². The number of likely N-dealkylation sites (N-methyl/N-ethyl adjacent to an activating group) is 1. The molecule has 2 aliphatic rings. The van der Waals surface area contributed by atoms with Crippen LogP contribution in [0.5, 0.6) is 0 Å².